The molecule has 0 amide bonds. The summed E-state index contributed by atoms with van der Waals surface area (Å²) >= 11 is 0. The monoisotopic (exact) mass is 378 g/mol. The Bertz CT molecular complexity index is 298. The van der Waals surface area contributed by atoms with E-state index < -0.39 is 11.9 Å². The van der Waals surface area contributed by atoms with Crippen molar-refractivity contribution in [3.8, 4) is 0 Å². The molecule has 0 bridgehead atoms. The molecule has 0 aliphatic heterocycles. The van der Waals surface area contributed by atoms with Crippen LogP contribution in [0.5, 0.6) is 0 Å². The minimum absolute atomic E-state index is 0. The van der Waals surface area contributed by atoms with Crippen molar-refractivity contribution in [1.29, 1.82) is 0 Å². The van der Waals surface area contributed by atoms with Gasteiger partial charge < -0.3 is 19.8 Å². The van der Waals surface area contributed by atoms with Gasteiger partial charge in [-0.3, -0.25) is 0 Å². The average molecular weight is 380 g/mol. The topological polar surface area (TPSA) is 80.3 Å². The Hall–Kier alpha value is -0.437. The second-order valence-corrected chi connectivity index (χ2v) is 7.06. The zero-order chi connectivity index (χ0) is 17.6. The first kappa shape index (κ1) is 27.4. The van der Waals surface area contributed by atoms with Gasteiger partial charge in [0.1, 0.15) is 0 Å². The van der Waals surface area contributed by atoms with Gasteiger partial charge in [-0.15, -0.1) is 0 Å². The van der Waals surface area contributed by atoms with Crippen molar-refractivity contribution in [3.05, 3.63) is 0 Å². The standard InChI is InChI=1S/C10H20O2.C8H16O2.Zn/c1-10(2,3)8-6-4-5-7-9(11)12;1-3-5-6-7(4-2)8(9)10;/h4-8H2,1-3H3,(H,11,12);7H,3-6H2,1-2H3,(H,9,10);/q;;+2/p-2. The zero-order valence-electron chi connectivity index (χ0n) is 15.8. The third-order valence-electron chi connectivity index (χ3n) is 3.54. The largest absolute Gasteiger partial charge is 2.00 e. The predicted molar refractivity (Wildman–Crippen MR) is 85.9 cm³/mol. The summed E-state index contributed by atoms with van der Waals surface area (Å²) in [6, 6.07) is 0. The van der Waals surface area contributed by atoms with Crippen LogP contribution in [0.3, 0.4) is 0 Å². The Morgan fingerprint density at radius 3 is 1.87 bits per heavy atom. The Balaban J connectivity index is -0.000000338. The van der Waals surface area contributed by atoms with E-state index in [9.17, 15) is 19.8 Å². The van der Waals surface area contributed by atoms with E-state index >= 15 is 0 Å². The van der Waals surface area contributed by atoms with Crippen molar-refractivity contribution in [2.45, 2.75) is 92.4 Å². The molecule has 132 valence electrons. The molecule has 0 rings (SSSR count). The van der Waals surface area contributed by atoms with Crippen LogP contribution in [0, 0.1) is 11.3 Å². The Kier molecular flexibility index (Phi) is 19.6. The van der Waals surface area contributed by atoms with Crippen LogP contribution in [-0.2, 0) is 29.1 Å². The van der Waals surface area contributed by atoms with Gasteiger partial charge in [-0.2, -0.15) is 0 Å². The molecule has 0 N–H and O–H groups in total. The fourth-order valence-corrected chi connectivity index (χ4v) is 2.04. The van der Waals surface area contributed by atoms with E-state index in [4.69, 9.17) is 0 Å². The molecule has 1 atom stereocenters. The Labute approximate surface area is 155 Å². The van der Waals surface area contributed by atoms with E-state index in [-0.39, 0.29) is 31.8 Å². The van der Waals surface area contributed by atoms with Gasteiger partial charge in [0.2, 0.25) is 0 Å². The molecule has 0 radical (unpaired) electrons. The molecule has 0 spiro atoms. The van der Waals surface area contributed by atoms with Gasteiger partial charge in [0.05, 0.1) is 0 Å². The maximum Gasteiger partial charge on any atom is 2.00 e. The average Bonchev–Trinajstić information content (AvgIpc) is 2.38. The maximum atomic E-state index is 10.3. The van der Waals surface area contributed by atoms with Gasteiger partial charge >= 0.3 is 19.5 Å². The summed E-state index contributed by atoms with van der Waals surface area (Å²) in [4.78, 5) is 20.4. The number of unbranched alkanes of at least 4 members (excludes halogenated alkanes) is 3. The summed E-state index contributed by atoms with van der Waals surface area (Å²) in [6.45, 7) is 10.5. The van der Waals surface area contributed by atoms with Gasteiger partial charge in [0, 0.05) is 11.9 Å². The molecule has 0 aromatic carbocycles. The molecular formula is C18H34O4Zn. The van der Waals surface area contributed by atoms with Gasteiger partial charge in [-0.05, 0) is 43.4 Å². The van der Waals surface area contributed by atoms with Crippen molar-refractivity contribution in [1.82, 2.24) is 0 Å². The van der Waals surface area contributed by atoms with Crippen molar-refractivity contribution in [2.24, 2.45) is 11.3 Å². The quantitative estimate of drug-likeness (QED) is 0.431. The molecule has 0 fully saturated rings. The van der Waals surface area contributed by atoms with Crippen LogP contribution in [0.2, 0.25) is 0 Å². The SMILES string of the molecule is CC(C)(C)CCCCCC(=O)[O-].CCCCC(CC)C(=O)[O-].[Zn+2]. The van der Waals surface area contributed by atoms with Crippen LogP contribution in [0.1, 0.15) is 92.4 Å². The van der Waals surface area contributed by atoms with Crippen LogP contribution in [-0.4, -0.2) is 11.9 Å². The van der Waals surface area contributed by atoms with E-state index in [2.05, 4.69) is 27.7 Å². The third-order valence-corrected chi connectivity index (χ3v) is 3.54. The van der Waals surface area contributed by atoms with Crippen LogP contribution < -0.4 is 10.2 Å². The summed E-state index contributed by atoms with van der Waals surface area (Å²) in [5.41, 5.74) is 0.376. The van der Waals surface area contributed by atoms with Gasteiger partial charge in [-0.1, -0.05) is 60.3 Å². The van der Waals surface area contributed by atoms with E-state index in [1.807, 2.05) is 6.92 Å². The maximum absolute atomic E-state index is 10.3. The van der Waals surface area contributed by atoms with Crippen molar-refractivity contribution in [2.75, 3.05) is 0 Å². The fraction of sp³-hybridized carbons (Fsp3) is 0.889. The number of aliphatic carboxylic acids is 2. The molecule has 23 heavy (non-hydrogen) atoms. The normalized spacial score (nSPS) is 11.7. The van der Waals surface area contributed by atoms with Gasteiger partial charge in [0.25, 0.3) is 0 Å². The van der Waals surface area contributed by atoms with Crippen LogP contribution >= 0.6 is 0 Å². The van der Waals surface area contributed by atoms with E-state index in [0.29, 0.717) is 11.8 Å². The molecule has 0 saturated carbocycles. The summed E-state index contributed by atoms with van der Waals surface area (Å²) < 4.78 is 0. The number of carboxylic acid groups (broad SMARTS) is 2. The van der Waals surface area contributed by atoms with Crippen LogP contribution in [0.4, 0.5) is 0 Å². The zero-order valence-corrected chi connectivity index (χ0v) is 18.7. The molecule has 0 aliphatic carbocycles. The molecular weight excluding hydrogens is 346 g/mol. The van der Waals surface area contributed by atoms with Crippen molar-refractivity contribution < 1.29 is 39.3 Å². The summed E-state index contributed by atoms with van der Waals surface area (Å²) in [5, 5.41) is 20.4. The van der Waals surface area contributed by atoms with Crippen LogP contribution in [0.25, 0.3) is 0 Å². The first-order valence-corrected chi connectivity index (χ1v) is 8.54. The third kappa shape index (κ3) is 23.9. The summed E-state index contributed by atoms with van der Waals surface area (Å²) in [6.07, 6.45) is 7.79. The molecule has 0 aliphatic rings. The minimum Gasteiger partial charge on any atom is -0.550 e. The number of hydrogen-bond donors (Lipinski definition) is 0. The van der Waals surface area contributed by atoms with E-state index in [1.165, 1.54) is 6.42 Å². The van der Waals surface area contributed by atoms with E-state index in [0.717, 1.165) is 38.5 Å². The van der Waals surface area contributed by atoms with E-state index in [1.54, 1.807) is 0 Å². The second-order valence-electron chi connectivity index (χ2n) is 7.06. The number of carbonyl (C=O) groups is 2. The molecule has 5 heteroatoms. The van der Waals surface area contributed by atoms with Gasteiger partial charge in [0.15, 0.2) is 0 Å². The molecule has 4 nitrogen and oxygen atoms in total. The minimum atomic E-state index is -0.925. The van der Waals surface area contributed by atoms with Gasteiger partial charge in [-0.25, -0.2) is 0 Å². The van der Waals surface area contributed by atoms with Crippen LogP contribution in [0.15, 0.2) is 0 Å². The summed E-state index contributed by atoms with van der Waals surface area (Å²) in [5.74, 6) is -2.04. The second kappa shape index (κ2) is 16.4. The number of hydrogen-bond acceptors (Lipinski definition) is 4. The molecule has 1 unspecified atom stereocenters. The first-order valence-electron chi connectivity index (χ1n) is 8.54. The number of rotatable bonds is 10. The predicted octanol–water partition coefficient (Wildman–Crippen LogP) is 2.68. The summed E-state index contributed by atoms with van der Waals surface area (Å²) in [7, 11) is 0. The smallest absolute Gasteiger partial charge is 0.550 e. The molecule has 0 heterocycles. The van der Waals surface area contributed by atoms with Crippen molar-refractivity contribution in [3.63, 3.8) is 0 Å². The molecule has 0 aromatic heterocycles. The van der Waals surface area contributed by atoms with Crippen molar-refractivity contribution >= 4 is 11.9 Å². The fourth-order valence-electron chi connectivity index (χ4n) is 2.04. The Morgan fingerprint density at radius 2 is 1.52 bits per heavy atom. The molecule has 0 aromatic rings. The first-order chi connectivity index (χ1) is 10.1. The number of carbonyl (C=O) groups excluding carboxylic acids is 2. The Morgan fingerprint density at radius 1 is 0.957 bits per heavy atom. The number of carboxylic acids is 2. The molecule has 0 saturated heterocycles.